The van der Waals surface area contributed by atoms with Crippen LogP contribution in [-0.4, -0.2) is 33.0 Å². The van der Waals surface area contributed by atoms with E-state index in [-0.39, 0.29) is 5.75 Å². The molecule has 0 spiro atoms. The van der Waals surface area contributed by atoms with E-state index in [0.717, 1.165) is 13.0 Å². The van der Waals surface area contributed by atoms with Crippen molar-refractivity contribution < 1.29 is 8.42 Å². The number of rotatable bonds is 8. The Labute approximate surface area is 99.9 Å². The number of sulfone groups is 1. The van der Waals surface area contributed by atoms with Crippen molar-refractivity contribution in [2.24, 2.45) is 11.3 Å². The minimum atomic E-state index is -2.81. The van der Waals surface area contributed by atoms with Gasteiger partial charge in [-0.3, -0.25) is 0 Å². The molecule has 1 rings (SSSR count). The van der Waals surface area contributed by atoms with Crippen LogP contribution in [0.15, 0.2) is 0 Å². The molecule has 1 aliphatic carbocycles. The average molecular weight is 247 g/mol. The predicted molar refractivity (Wildman–Crippen MR) is 68.3 cm³/mol. The lowest BCUT2D eigenvalue weighted by atomic mass is 9.92. The molecule has 0 aliphatic heterocycles. The lowest BCUT2D eigenvalue weighted by Gasteiger charge is -2.19. The van der Waals surface area contributed by atoms with E-state index in [1.165, 1.54) is 12.8 Å². The third-order valence-electron chi connectivity index (χ3n) is 3.70. The average Bonchev–Trinajstić information content (AvgIpc) is 2.93. The summed E-state index contributed by atoms with van der Waals surface area (Å²) in [4.78, 5) is 0. The van der Waals surface area contributed by atoms with Crippen molar-refractivity contribution in [3.8, 4) is 0 Å². The third-order valence-corrected chi connectivity index (χ3v) is 5.56. The van der Waals surface area contributed by atoms with Crippen LogP contribution in [0.5, 0.6) is 0 Å². The predicted octanol–water partition coefficient (Wildman–Crippen LogP) is 1.84. The van der Waals surface area contributed by atoms with E-state index in [2.05, 4.69) is 19.2 Å². The maximum absolute atomic E-state index is 11.5. The summed E-state index contributed by atoms with van der Waals surface area (Å²) in [6.07, 6.45) is 3.30. The molecule has 0 atom stereocenters. The Kier molecular flexibility index (Phi) is 4.80. The van der Waals surface area contributed by atoms with Gasteiger partial charge in [0.05, 0.1) is 5.75 Å². The minimum Gasteiger partial charge on any atom is -0.315 e. The molecule has 4 heteroatoms. The molecule has 1 saturated carbocycles. The van der Waals surface area contributed by atoms with Crippen LogP contribution in [0.2, 0.25) is 0 Å². The second-order valence-electron chi connectivity index (χ2n) is 5.35. The Morgan fingerprint density at radius 3 is 2.31 bits per heavy atom. The van der Waals surface area contributed by atoms with Crippen LogP contribution in [0, 0.1) is 11.3 Å². The second-order valence-corrected chi connectivity index (χ2v) is 7.65. The van der Waals surface area contributed by atoms with Gasteiger partial charge in [0, 0.05) is 18.8 Å². The Morgan fingerprint density at radius 1 is 1.25 bits per heavy atom. The van der Waals surface area contributed by atoms with Gasteiger partial charge in [0.2, 0.25) is 0 Å². The van der Waals surface area contributed by atoms with Gasteiger partial charge in [0.1, 0.15) is 0 Å². The van der Waals surface area contributed by atoms with E-state index in [9.17, 15) is 8.42 Å². The highest BCUT2D eigenvalue weighted by Gasteiger charge is 2.44. The van der Waals surface area contributed by atoms with Gasteiger partial charge < -0.3 is 5.32 Å². The van der Waals surface area contributed by atoms with Crippen molar-refractivity contribution in [1.29, 1.82) is 0 Å². The van der Waals surface area contributed by atoms with E-state index in [4.69, 9.17) is 0 Å². The molecule has 0 aromatic heterocycles. The largest absolute Gasteiger partial charge is 0.315 e. The maximum atomic E-state index is 11.5. The van der Waals surface area contributed by atoms with Gasteiger partial charge in [-0.15, -0.1) is 0 Å². The maximum Gasteiger partial charge on any atom is 0.151 e. The van der Waals surface area contributed by atoms with Gasteiger partial charge in [0.25, 0.3) is 0 Å². The monoisotopic (exact) mass is 247 g/mol. The summed E-state index contributed by atoms with van der Waals surface area (Å²) >= 11 is 0. The van der Waals surface area contributed by atoms with Gasteiger partial charge >= 0.3 is 0 Å². The molecule has 0 bridgehead atoms. The summed E-state index contributed by atoms with van der Waals surface area (Å²) in [5.41, 5.74) is 0.467. The first-order valence-electron chi connectivity index (χ1n) is 6.33. The molecule has 96 valence electrons. The molecule has 0 amide bonds. The first-order chi connectivity index (χ1) is 7.42. The lowest BCUT2D eigenvalue weighted by Crippen LogP contribution is -2.31. The molecule has 1 N–H and O–H groups in total. The number of nitrogens with one attached hydrogen (secondary N) is 1. The normalized spacial score (nSPS) is 19.0. The van der Waals surface area contributed by atoms with Gasteiger partial charge in [-0.05, 0) is 30.6 Å². The van der Waals surface area contributed by atoms with Gasteiger partial charge in [-0.2, -0.15) is 0 Å². The molecule has 0 saturated heterocycles. The SMILES string of the molecule is CCCS(=O)(=O)CCNCC1(C(C)C)CC1. The molecule has 1 aliphatic rings. The Bertz CT molecular complexity index is 305. The fourth-order valence-corrected chi connectivity index (χ4v) is 3.38. The summed E-state index contributed by atoms with van der Waals surface area (Å²) in [5.74, 6) is 1.31. The smallest absolute Gasteiger partial charge is 0.151 e. The topological polar surface area (TPSA) is 46.2 Å². The lowest BCUT2D eigenvalue weighted by molar-refractivity contribution is 0.341. The van der Waals surface area contributed by atoms with Crippen molar-refractivity contribution in [2.75, 3.05) is 24.6 Å². The Balaban J connectivity index is 2.18. The molecule has 1 fully saturated rings. The van der Waals surface area contributed by atoms with Crippen LogP contribution in [0.3, 0.4) is 0 Å². The van der Waals surface area contributed by atoms with Crippen molar-refractivity contribution in [2.45, 2.75) is 40.0 Å². The molecule has 0 aromatic rings. The summed E-state index contributed by atoms with van der Waals surface area (Å²) in [6.45, 7) is 8.00. The molecule has 0 radical (unpaired) electrons. The Morgan fingerprint density at radius 2 is 1.88 bits per heavy atom. The van der Waals surface area contributed by atoms with Gasteiger partial charge in [0.15, 0.2) is 9.84 Å². The van der Waals surface area contributed by atoms with Crippen molar-refractivity contribution >= 4 is 9.84 Å². The number of hydrogen-bond donors (Lipinski definition) is 1. The van der Waals surface area contributed by atoms with E-state index >= 15 is 0 Å². The van der Waals surface area contributed by atoms with Crippen molar-refractivity contribution in [3.63, 3.8) is 0 Å². The van der Waals surface area contributed by atoms with E-state index in [1.807, 2.05) is 6.92 Å². The third kappa shape index (κ3) is 4.06. The molecular weight excluding hydrogens is 222 g/mol. The highest BCUT2D eigenvalue weighted by molar-refractivity contribution is 7.91. The number of hydrogen-bond acceptors (Lipinski definition) is 3. The van der Waals surface area contributed by atoms with Gasteiger partial charge in [-0.25, -0.2) is 8.42 Å². The van der Waals surface area contributed by atoms with E-state index in [1.54, 1.807) is 0 Å². The summed E-state index contributed by atoms with van der Waals surface area (Å²) in [5, 5.41) is 3.30. The minimum absolute atomic E-state index is 0.287. The van der Waals surface area contributed by atoms with Crippen LogP contribution in [0.25, 0.3) is 0 Å². The van der Waals surface area contributed by atoms with Gasteiger partial charge in [-0.1, -0.05) is 20.8 Å². The summed E-state index contributed by atoms with van der Waals surface area (Å²) in [6, 6.07) is 0. The molecule has 0 unspecified atom stereocenters. The first-order valence-corrected chi connectivity index (χ1v) is 8.15. The highest BCUT2D eigenvalue weighted by atomic mass is 32.2. The van der Waals surface area contributed by atoms with Crippen molar-refractivity contribution in [1.82, 2.24) is 5.32 Å². The molecular formula is C12H25NO2S. The summed E-state index contributed by atoms with van der Waals surface area (Å²) in [7, 11) is -2.81. The van der Waals surface area contributed by atoms with E-state index < -0.39 is 9.84 Å². The van der Waals surface area contributed by atoms with Crippen LogP contribution in [0.4, 0.5) is 0 Å². The van der Waals surface area contributed by atoms with Crippen LogP contribution < -0.4 is 5.32 Å². The van der Waals surface area contributed by atoms with Crippen molar-refractivity contribution in [3.05, 3.63) is 0 Å². The Hall–Kier alpha value is -0.0900. The zero-order valence-corrected chi connectivity index (χ0v) is 11.6. The quantitative estimate of drug-likeness (QED) is 0.666. The molecule has 0 heterocycles. The molecule has 16 heavy (non-hydrogen) atoms. The second kappa shape index (κ2) is 5.50. The van der Waals surface area contributed by atoms with Crippen LogP contribution in [0.1, 0.15) is 40.0 Å². The van der Waals surface area contributed by atoms with Crippen LogP contribution in [-0.2, 0) is 9.84 Å². The highest BCUT2D eigenvalue weighted by Crippen LogP contribution is 2.51. The fourth-order valence-electron chi connectivity index (χ4n) is 2.10. The fraction of sp³-hybridized carbons (Fsp3) is 1.00. The first kappa shape index (κ1) is 14.0. The molecule has 3 nitrogen and oxygen atoms in total. The standard InChI is InChI=1S/C12H25NO2S/c1-4-8-16(14,15)9-7-13-10-12(5-6-12)11(2)3/h11,13H,4-10H2,1-3H3. The molecule has 0 aromatic carbocycles. The zero-order chi connectivity index (χ0) is 12.2. The van der Waals surface area contributed by atoms with Crippen LogP contribution >= 0.6 is 0 Å². The zero-order valence-electron chi connectivity index (χ0n) is 10.8. The van der Waals surface area contributed by atoms with E-state index in [0.29, 0.717) is 23.6 Å². The summed E-state index contributed by atoms with van der Waals surface area (Å²) < 4.78 is 22.9.